The molecule has 0 unspecified atom stereocenters. The van der Waals surface area contributed by atoms with Gasteiger partial charge in [0.1, 0.15) is 0 Å². The summed E-state index contributed by atoms with van der Waals surface area (Å²) in [6, 6.07) is 14.0. The molecule has 0 heterocycles. The summed E-state index contributed by atoms with van der Waals surface area (Å²) in [6.07, 6.45) is 0.714. The number of aryl methyl sites for hydroxylation is 2. The maximum Gasteiger partial charge on any atom is 0.346 e. The molecule has 0 aliphatic heterocycles. The molecule has 20 heavy (non-hydrogen) atoms. The van der Waals surface area contributed by atoms with Crippen LogP contribution in [-0.4, -0.2) is 11.9 Å². The molecule has 3 heteroatoms. The normalized spacial score (nSPS) is 10.1. The highest BCUT2D eigenvalue weighted by Gasteiger charge is 2.17. The summed E-state index contributed by atoms with van der Waals surface area (Å²) in [7, 11) is 0. The lowest BCUT2D eigenvalue weighted by Gasteiger charge is -2.08. The molecule has 2 aromatic carbocycles. The number of hydrogen-bond acceptors (Lipinski definition) is 3. The minimum Gasteiger partial charge on any atom is -0.386 e. The number of esters is 2. The van der Waals surface area contributed by atoms with E-state index < -0.39 is 11.9 Å². The Morgan fingerprint density at radius 2 is 1.70 bits per heavy atom. The monoisotopic (exact) mass is 268 g/mol. The van der Waals surface area contributed by atoms with Crippen LogP contribution < -0.4 is 0 Å². The molecule has 0 saturated heterocycles. The molecule has 0 N–H and O–H groups in total. The average molecular weight is 268 g/mol. The third-order valence-electron chi connectivity index (χ3n) is 3.06. The van der Waals surface area contributed by atoms with Crippen LogP contribution in [-0.2, 0) is 11.2 Å². The van der Waals surface area contributed by atoms with Crippen LogP contribution in [0.4, 0.5) is 0 Å². The van der Waals surface area contributed by atoms with Gasteiger partial charge in [-0.3, -0.25) is 0 Å². The zero-order chi connectivity index (χ0) is 14.5. The maximum atomic E-state index is 12.1. The highest BCUT2D eigenvalue weighted by molar-refractivity contribution is 6.03. The van der Waals surface area contributed by atoms with E-state index in [1.807, 2.05) is 26.0 Å². The van der Waals surface area contributed by atoms with Crippen LogP contribution >= 0.6 is 0 Å². The molecule has 0 amide bonds. The van der Waals surface area contributed by atoms with Gasteiger partial charge in [-0.2, -0.15) is 0 Å². The van der Waals surface area contributed by atoms with Gasteiger partial charge >= 0.3 is 11.9 Å². The van der Waals surface area contributed by atoms with Gasteiger partial charge in [-0.15, -0.1) is 0 Å². The van der Waals surface area contributed by atoms with E-state index in [4.69, 9.17) is 4.74 Å². The summed E-state index contributed by atoms with van der Waals surface area (Å²) in [5, 5.41) is 0. The third kappa shape index (κ3) is 3.12. The second kappa shape index (κ2) is 6.15. The fourth-order valence-electron chi connectivity index (χ4n) is 1.99. The van der Waals surface area contributed by atoms with Crippen LogP contribution in [0.3, 0.4) is 0 Å². The first-order chi connectivity index (χ1) is 9.61. The largest absolute Gasteiger partial charge is 0.386 e. The second-order valence-corrected chi connectivity index (χ2v) is 4.56. The first kappa shape index (κ1) is 14.0. The summed E-state index contributed by atoms with van der Waals surface area (Å²) in [5.41, 5.74) is 2.78. The summed E-state index contributed by atoms with van der Waals surface area (Å²) < 4.78 is 4.93. The van der Waals surface area contributed by atoms with Crippen molar-refractivity contribution in [2.45, 2.75) is 20.3 Å². The molecular weight excluding hydrogens is 252 g/mol. The number of hydrogen-bond donors (Lipinski definition) is 0. The lowest BCUT2D eigenvalue weighted by atomic mass is 10.0. The van der Waals surface area contributed by atoms with Gasteiger partial charge < -0.3 is 4.74 Å². The van der Waals surface area contributed by atoms with Crippen LogP contribution in [0, 0.1) is 6.92 Å². The molecule has 0 fully saturated rings. The molecule has 0 aliphatic rings. The van der Waals surface area contributed by atoms with Gasteiger partial charge in [0.25, 0.3) is 0 Å². The molecule has 0 bridgehead atoms. The molecule has 0 atom stereocenters. The molecule has 0 aliphatic carbocycles. The van der Waals surface area contributed by atoms with Crippen molar-refractivity contribution in [2.75, 3.05) is 0 Å². The quantitative estimate of drug-likeness (QED) is 0.631. The highest BCUT2D eigenvalue weighted by atomic mass is 16.6. The van der Waals surface area contributed by atoms with Crippen molar-refractivity contribution < 1.29 is 14.3 Å². The Kier molecular flexibility index (Phi) is 4.31. The van der Waals surface area contributed by atoms with Gasteiger partial charge in [0.15, 0.2) is 0 Å². The first-order valence-corrected chi connectivity index (χ1v) is 6.53. The minimum absolute atomic E-state index is 0.367. The zero-order valence-electron chi connectivity index (χ0n) is 11.6. The van der Waals surface area contributed by atoms with Crippen molar-refractivity contribution in [2.24, 2.45) is 0 Å². The molecule has 0 spiro atoms. The van der Waals surface area contributed by atoms with Gasteiger partial charge in [0.05, 0.1) is 11.1 Å². The lowest BCUT2D eigenvalue weighted by molar-refractivity contribution is 0.0397. The fraction of sp³-hybridized carbons (Fsp3) is 0.176. The van der Waals surface area contributed by atoms with Crippen LogP contribution in [0.2, 0.25) is 0 Å². The van der Waals surface area contributed by atoms with Crippen LogP contribution in [0.5, 0.6) is 0 Å². The summed E-state index contributed by atoms with van der Waals surface area (Å²) in [6.45, 7) is 3.92. The SMILES string of the molecule is CCc1cc(C)ccc1C(=O)OC(=O)c1ccccc1. The lowest BCUT2D eigenvalue weighted by Crippen LogP contribution is -2.14. The second-order valence-electron chi connectivity index (χ2n) is 4.56. The van der Waals surface area contributed by atoms with Gasteiger partial charge in [-0.05, 0) is 37.1 Å². The Morgan fingerprint density at radius 3 is 2.35 bits per heavy atom. The van der Waals surface area contributed by atoms with E-state index in [0.29, 0.717) is 17.5 Å². The standard InChI is InChI=1S/C17H16O3/c1-3-13-11-12(2)9-10-15(13)17(19)20-16(18)14-7-5-4-6-8-14/h4-11H,3H2,1-2H3. The van der Waals surface area contributed by atoms with Crippen molar-refractivity contribution in [3.05, 3.63) is 70.8 Å². The van der Waals surface area contributed by atoms with Crippen molar-refractivity contribution >= 4 is 11.9 Å². The van der Waals surface area contributed by atoms with Crippen LogP contribution in [0.25, 0.3) is 0 Å². The molecule has 2 aromatic rings. The van der Waals surface area contributed by atoms with Crippen molar-refractivity contribution in [1.29, 1.82) is 0 Å². The number of benzene rings is 2. The molecule has 0 radical (unpaired) electrons. The Balaban J connectivity index is 2.19. The number of rotatable bonds is 3. The Bertz CT molecular complexity index is 630. The van der Waals surface area contributed by atoms with E-state index in [0.717, 1.165) is 11.1 Å². The van der Waals surface area contributed by atoms with Crippen molar-refractivity contribution in [3.63, 3.8) is 0 Å². The predicted octanol–water partition coefficient (Wildman–Crippen LogP) is 3.55. The molecule has 0 aromatic heterocycles. The van der Waals surface area contributed by atoms with Crippen molar-refractivity contribution in [1.82, 2.24) is 0 Å². The van der Waals surface area contributed by atoms with Crippen molar-refractivity contribution in [3.8, 4) is 0 Å². The number of ether oxygens (including phenoxy) is 1. The minimum atomic E-state index is -0.627. The van der Waals surface area contributed by atoms with Gasteiger partial charge in [-0.25, -0.2) is 9.59 Å². The summed E-state index contributed by atoms with van der Waals surface area (Å²) in [4.78, 5) is 23.9. The molecular formula is C17H16O3. The van der Waals surface area contributed by atoms with E-state index in [2.05, 4.69) is 0 Å². The van der Waals surface area contributed by atoms with Gasteiger partial charge in [0.2, 0.25) is 0 Å². The molecule has 102 valence electrons. The smallest absolute Gasteiger partial charge is 0.346 e. The Hall–Kier alpha value is -2.42. The molecule has 2 rings (SSSR count). The highest BCUT2D eigenvalue weighted by Crippen LogP contribution is 2.15. The summed E-state index contributed by atoms with van der Waals surface area (Å²) in [5.74, 6) is -1.23. The average Bonchev–Trinajstić information content (AvgIpc) is 2.47. The van der Waals surface area contributed by atoms with E-state index in [1.54, 1.807) is 36.4 Å². The maximum absolute atomic E-state index is 12.1. The molecule has 0 saturated carbocycles. The fourth-order valence-corrected chi connectivity index (χ4v) is 1.99. The van der Waals surface area contributed by atoms with E-state index in [-0.39, 0.29) is 0 Å². The topological polar surface area (TPSA) is 43.4 Å². The first-order valence-electron chi connectivity index (χ1n) is 6.53. The summed E-state index contributed by atoms with van der Waals surface area (Å²) >= 11 is 0. The molecule has 3 nitrogen and oxygen atoms in total. The van der Waals surface area contributed by atoms with Crippen LogP contribution in [0.15, 0.2) is 48.5 Å². The third-order valence-corrected chi connectivity index (χ3v) is 3.06. The van der Waals surface area contributed by atoms with Crippen LogP contribution in [0.1, 0.15) is 38.8 Å². The number of carbonyl (C=O) groups is 2. The number of carbonyl (C=O) groups excluding carboxylic acids is 2. The van der Waals surface area contributed by atoms with E-state index in [1.165, 1.54) is 0 Å². The van der Waals surface area contributed by atoms with E-state index in [9.17, 15) is 9.59 Å². The van der Waals surface area contributed by atoms with Gasteiger partial charge in [0, 0.05) is 0 Å². The zero-order valence-corrected chi connectivity index (χ0v) is 11.6. The van der Waals surface area contributed by atoms with E-state index >= 15 is 0 Å². The Labute approximate surface area is 118 Å². The van der Waals surface area contributed by atoms with Gasteiger partial charge in [-0.1, -0.05) is 42.8 Å². The Morgan fingerprint density at radius 1 is 1.00 bits per heavy atom. The predicted molar refractivity (Wildman–Crippen MR) is 76.7 cm³/mol.